The van der Waals surface area contributed by atoms with Crippen LogP contribution in [0.15, 0.2) is 24.1 Å². The van der Waals surface area contributed by atoms with Gasteiger partial charge in [-0.15, -0.1) is 11.3 Å². The highest BCUT2D eigenvalue weighted by atomic mass is 32.1. The van der Waals surface area contributed by atoms with Gasteiger partial charge in [-0.25, -0.2) is 15.0 Å². The molecule has 1 fully saturated rings. The predicted molar refractivity (Wildman–Crippen MR) is 93.1 cm³/mol. The van der Waals surface area contributed by atoms with E-state index in [1.807, 2.05) is 9.95 Å². The van der Waals surface area contributed by atoms with Crippen molar-refractivity contribution in [2.75, 3.05) is 23.7 Å². The third-order valence-electron chi connectivity index (χ3n) is 4.46. The van der Waals surface area contributed by atoms with E-state index in [0.29, 0.717) is 5.82 Å². The molecule has 0 atom stereocenters. The number of anilines is 2. The van der Waals surface area contributed by atoms with Crippen LogP contribution in [0.4, 0.5) is 11.6 Å². The van der Waals surface area contributed by atoms with Gasteiger partial charge in [0.25, 0.3) is 5.91 Å². The molecule has 8 nitrogen and oxygen atoms in total. The van der Waals surface area contributed by atoms with Crippen molar-refractivity contribution in [2.45, 2.75) is 18.9 Å². The molecule has 1 amide bonds. The number of nitrogens with zero attached hydrogens (tertiary/aromatic N) is 5. The number of carbonyl (C=O) groups excluding carboxylic acids is 1. The van der Waals surface area contributed by atoms with E-state index >= 15 is 0 Å². The number of rotatable bonds is 3. The number of aromatic nitrogens is 4. The van der Waals surface area contributed by atoms with Crippen molar-refractivity contribution in [3.63, 3.8) is 0 Å². The van der Waals surface area contributed by atoms with Gasteiger partial charge in [0.05, 0.1) is 11.7 Å². The second kappa shape index (κ2) is 5.75. The van der Waals surface area contributed by atoms with Crippen molar-refractivity contribution < 1.29 is 4.79 Å². The van der Waals surface area contributed by atoms with E-state index in [9.17, 15) is 4.79 Å². The normalized spacial score (nSPS) is 15.9. The number of fused-ring (bicyclic) bond motifs is 1. The summed E-state index contributed by atoms with van der Waals surface area (Å²) in [6.45, 7) is 1.71. The van der Waals surface area contributed by atoms with Crippen LogP contribution < -0.4 is 16.4 Å². The number of hydrogen-bond acceptors (Lipinski definition) is 7. The van der Waals surface area contributed by atoms with Crippen molar-refractivity contribution in [3.05, 3.63) is 29.8 Å². The number of piperidine rings is 1. The number of nitrogens with two attached hydrogens (primary N) is 2. The van der Waals surface area contributed by atoms with E-state index in [2.05, 4.69) is 25.9 Å². The summed E-state index contributed by atoms with van der Waals surface area (Å²) in [5.74, 6) is 0.740. The molecule has 1 saturated heterocycles. The van der Waals surface area contributed by atoms with E-state index < -0.39 is 5.91 Å². The number of imidazole rings is 1. The van der Waals surface area contributed by atoms with Crippen LogP contribution in [0.1, 0.15) is 29.4 Å². The Bertz CT molecular complexity index is 894. The van der Waals surface area contributed by atoms with Crippen LogP contribution in [-0.4, -0.2) is 38.5 Å². The van der Waals surface area contributed by atoms with E-state index in [1.165, 1.54) is 0 Å². The highest BCUT2D eigenvalue weighted by Gasteiger charge is 2.25. The Hall–Kier alpha value is -2.68. The first-order chi connectivity index (χ1) is 11.6. The van der Waals surface area contributed by atoms with Crippen LogP contribution in [0, 0.1) is 0 Å². The quantitative estimate of drug-likeness (QED) is 0.743. The first-order valence-electron chi connectivity index (χ1n) is 7.70. The minimum Gasteiger partial charge on any atom is -0.383 e. The fourth-order valence-corrected chi connectivity index (χ4v) is 3.96. The second-order valence-electron chi connectivity index (χ2n) is 5.80. The molecule has 4 N–H and O–H groups in total. The van der Waals surface area contributed by atoms with Gasteiger partial charge in [-0.3, -0.25) is 4.79 Å². The highest BCUT2D eigenvalue weighted by molar-refractivity contribution is 7.16. The molecule has 3 aromatic heterocycles. The fourth-order valence-electron chi connectivity index (χ4n) is 3.24. The molecule has 0 radical (unpaired) electrons. The minimum absolute atomic E-state index is 0.146. The summed E-state index contributed by atoms with van der Waals surface area (Å²) in [5, 5.41) is 3.13. The topological polar surface area (TPSA) is 116 Å². The highest BCUT2D eigenvalue weighted by Crippen LogP contribution is 2.32. The number of carbonyl (C=O) groups is 1. The maximum absolute atomic E-state index is 11.3. The lowest BCUT2D eigenvalue weighted by atomic mass is 10.0. The number of thiophene rings is 1. The smallest absolute Gasteiger partial charge is 0.271 e. The third kappa shape index (κ3) is 2.37. The number of nitrogen functional groups attached to an aromatic ring is 1. The summed E-state index contributed by atoms with van der Waals surface area (Å²) >= 11 is 1.62. The minimum atomic E-state index is -0.593. The lowest BCUT2D eigenvalue weighted by Gasteiger charge is -2.33. The molecule has 0 aromatic carbocycles. The van der Waals surface area contributed by atoms with Gasteiger partial charge in [-0.2, -0.15) is 0 Å². The molecule has 4 heterocycles. The Labute approximate surface area is 142 Å². The first-order valence-corrected chi connectivity index (χ1v) is 8.58. The zero-order chi connectivity index (χ0) is 16.7. The van der Waals surface area contributed by atoms with Crippen molar-refractivity contribution in [3.8, 4) is 0 Å². The van der Waals surface area contributed by atoms with Gasteiger partial charge in [0.2, 0.25) is 0 Å². The lowest BCUT2D eigenvalue weighted by molar-refractivity contribution is 0.0997. The zero-order valence-electron chi connectivity index (χ0n) is 12.9. The molecule has 0 unspecified atom stereocenters. The summed E-state index contributed by atoms with van der Waals surface area (Å²) in [7, 11) is 0. The Morgan fingerprint density at radius 1 is 1.25 bits per heavy atom. The third-order valence-corrected chi connectivity index (χ3v) is 5.28. The average molecular weight is 343 g/mol. The Kier molecular flexibility index (Phi) is 3.57. The molecule has 24 heavy (non-hydrogen) atoms. The molecule has 9 heteroatoms. The van der Waals surface area contributed by atoms with E-state index in [-0.39, 0.29) is 11.7 Å². The van der Waals surface area contributed by atoms with Crippen LogP contribution in [-0.2, 0) is 0 Å². The van der Waals surface area contributed by atoms with Crippen molar-refractivity contribution in [2.24, 2.45) is 5.73 Å². The van der Waals surface area contributed by atoms with Crippen LogP contribution in [0.25, 0.3) is 10.2 Å². The van der Waals surface area contributed by atoms with Crippen LogP contribution >= 0.6 is 11.3 Å². The van der Waals surface area contributed by atoms with E-state index in [0.717, 1.165) is 42.0 Å². The molecule has 0 aliphatic carbocycles. The Morgan fingerprint density at radius 3 is 2.75 bits per heavy atom. The van der Waals surface area contributed by atoms with Gasteiger partial charge in [0, 0.05) is 19.1 Å². The molecule has 0 spiro atoms. The summed E-state index contributed by atoms with van der Waals surface area (Å²) in [6.07, 6.45) is 5.02. The summed E-state index contributed by atoms with van der Waals surface area (Å²) in [5.41, 5.74) is 11.4. The molecule has 0 saturated carbocycles. The fraction of sp³-hybridized carbons (Fsp3) is 0.333. The molecular formula is C15H17N7OS. The van der Waals surface area contributed by atoms with Gasteiger partial charge >= 0.3 is 0 Å². The predicted octanol–water partition coefficient (Wildman–Crippen LogP) is 1.41. The van der Waals surface area contributed by atoms with Gasteiger partial charge in [0.15, 0.2) is 5.69 Å². The molecule has 0 bridgehead atoms. The maximum atomic E-state index is 11.3. The van der Waals surface area contributed by atoms with E-state index in [4.69, 9.17) is 11.5 Å². The lowest BCUT2D eigenvalue weighted by Crippen LogP contribution is -2.35. The van der Waals surface area contributed by atoms with Gasteiger partial charge < -0.3 is 20.9 Å². The van der Waals surface area contributed by atoms with Crippen molar-refractivity contribution in [1.29, 1.82) is 0 Å². The summed E-state index contributed by atoms with van der Waals surface area (Å²) in [6, 6.07) is 2.27. The van der Waals surface area contributed by atoms with Crippen LogP contribution in [0.3, 0.4) is 0 Å². The standard InChI is InChI=1S/C15H17N7OS/c16-12-11(13(17)23)20-8-22(12)9-1-4-21(5-2-9)14-10-3-6-24-15(10)19-7-18-14/h3,6-9H,1-2,4-5,16H2,(H2,17,23). The molecule has 4 rings (SSSR count). The van der Waals surface area contributed by atoms with Crippen molar-refractivity contribution in [1.82, 2.24) is 19.5 Å². The van der Waals surface area contributed by atoms with Crippen LogP contribution in [0.5, 0.6) is 0 Å². The monoisotopic (exact) mass is 343 g/mol. The number of amides is 1. The van der Waals surface area contributed by atoms with Gasteiger partial charge in [-0.05, 0) is 24.3 Å². The maximum Gasteiger partial charge on any atom is 0.271 e. The zero-order valence-corrected chi connectivity index (χ0v) is 13.7. The Morgan fingerprint density at radius 2 is 2.04 bits per heavy atom. The first kappa shape index (κ1) is 14.9. The number of hydrogen-bond donors (Lipinski definition) is 2. The van der Waals surface area contributed by atoms with Gasteiger partial charge in [0.1, 0.15) is 22.8 Å². The van der Waals surface area contributed by atoms with E-state index in [1.54, 1.807) is 24.0 Å². The van der Waals surface area contributed by atoms with Gasteiger partial charge in [-0.1, -0.05) is 0 Å². The van der Waals surface area contributed by atoms with Crippen molar-refractivity contribution >= 4 is 39.1 Å². The second-order valence-corrected chi connectivity index (χ2v) is 6.70. The Balaban J connectivity index is 1.53. The van der Waals surface area contributed by atoms with Crippen LogP contribution in [0.2, 0.25) is 0 Å². The largest absolute Gasteiger partial charge is 0.383 e. The average Bonchev–Trinajstić information content (AvgIpc) is 3.21. The molecular weight excluding hydrogens is 326 g/mol. The molecule has 124 valence electrons. The summed E-state index contributed by atoms with van der Waals surface area (Å²) < 4.78 is 1.86. The number of primary amides is 1. The molecule has 1 aliphatic rings. The molecule has 1 aliphatic heterocycles. The molecule has 3 aromatic rings. The summed E-state index contributed by atoms with van der Waals surface area (Å²) in [4.78, 5) is 27.4. The SMILES string of the molecule is NC(=O)c1ncn(C2CCN(c3ncnc4sccc34)CC2)c1N.